The molecule has 5 rings (SSSR count). The number of fused-ring (bicyclic) bond motifs is 1. The summed E-state index contributed by atoms with van der Waals surface area (Å²) in [7, 11) is 0. The third-order valence-electron chi connectivity index (χ3n) is 7.84. The second-order valence-electron chi connectivity index (χ2n) is 11.7. The van der Waals surface area contributed by atoms with Gasteiger partial charge in [0, 0.05) is 43.8 Å². The summed E-state index contributed by atoms with van der Waals surface area (Å²) in [6.45, 7) is 15.4. The Morgan fingerprint density at radius 3 is 2.45 bits per heavy atom. The number of nitrogens with two attached hydrogens (primary N) is 1. The van der Waals surface area contributed by atoms with Crippen molar-refractivity contribution in [3.8, 4) is 11.3 Å². The number of aliphatic hydroxyl groups is 2. The summed E-state index contributed by atoms with van der Waals surface area (Å²) in [4.78, 5) is 17.4. The predicted molar refractivity (Wildman–Crippen MR) is 158 cm³/mol. The number of benzene rings is 1. The van der Waals surface area contributed by atoms with Crippen LogP contribution in [0.15, 0.2) is 18.3 Å². The van der Waals surface area contributed by atoms with E-state index in [1.165, 1.54) is 57.8 Å². The zero-order valence-electron chi connectivity index (χ0n) is 24.2. The zero-order valence-corrected chi connectivity index (χ0v) is 25.0. The molecule has 11 heteroatoms. The van der Waals surface area contributed by atoms with E-state index in [9.17, 15) is 14.6 Å². The van der Waals surface area contributed by atoms with Gasteiger partial charge in [0.1, 0.15) is 16.9 Å². The minimum atomic E-state index is -1.22. The van der Waals surface area contributed by atoms with E-state index >= 15 is 0 Å². The largest absolute Gasteiger partial charge is 0.393 e. The molecular formula is C29H43ClFN7O2. The first kappa shape index (κ1) is 30.6. The lowest BCUT2D eigenvalue weighted by Crippen LogP contribution is -2.51. The summed E-state index contributed by atoms with van der Waals surface area (Å²) in [6.07, 6.45) is 5.87. The van der Waals surface area contributed by atoms with Crippen LogP contribution in [0.5, 0.6) is 0 Å². The number of hydrogen-bond donors (Lipinski definition) is 3. The molecule has 1 saturated heterocycles. The molecule has 0 spiro atoms. The fraction of sp³-hybridized carbons (Fsp3) is 0.621. The van der Waals surface area contributed by atoms with Crippen LogP contribution < -0.4 is 5.73 Å². The molecule has 2 atom stereocenters. The Kier molecular flexibility index (Phi) is 9.67. The molecule has 0 amide bonds. The van der Waals surface area contributed by atoms with E-state index in [-0.39, 0.29) is 28.6 Å². The quantitative estimate of drug-likeness (QED) is 0.404. The number of likely N-dealkylation sites (N-methyl/N-ethyl adjacent to an activating group) is 1. The lowest BCUT2D eigenvalue weighted by molar-refractivity contribution is 0.0350. The average Bonchev–Trinajstić information content (AvgIpc) is 3.32. The van der Waals surface area contributed by atoms with Gasteiger partial charge in [0.15, 0.2) is 5.82 Å². The van der Waals surface area contributed by atoms with Gasteiger partial charge in [-0.15, -0.1) is 0 Å². The maximum absolute atomic E-state index is 14.7. The summed E-state index contributed by atoms with van der Waals surface area (Å²) in [5.41, 5.74) is 5.96. The number of hydrogen-bond acceptors (Lipinski definition) is 8. The van der Waals surface area contributed by atoms with Gasteiger partial charge in [0.25, 0.3) is 0 Å². The van der Waals surface area contributed by atoms with E-state index in [1.54, 1.807) is 24.5 Å². The molecule has 0 bridgehead atoms. The topological polar surface area (TPSA) is 117 Å². The second-order valence-corrected chi connectivity index (χ2v) is 12.1. The standard InChI is InChI=1S/C17H19ClFN5O.C12H24N2O/c1-8(2)24-12-6-9(13-10(18)7-21-16(20)23-13)5-11(19)14(12)22-15(24)17(3,4)25;1-2-13-6-8-14(9-7-13)11-4-3-5-12(15)10-11/h5-8,25H,1-4H3,(H2,20,21,23);11-12,15H,2-10H2,1H3. The van der Waals surface area contributed by atoms with E-state index in [0.717, 1.165) is 12.8 Å². The molecule has 3 heterocycles. The van der Waals surface area contributed by atoms with E-state index in [2.05, 4.69) is 31.7 Å². The monoisotopic (exact) mass is 575 g/mol. The highest BCUT2D eigenvalue weighted by atomic mass is 35.5. The zero-order chi connectivity index (χ0) is 29.2. The second kappa shape index (κ2) is 12.7. The predicted octanol–water partition coefficient (Wildman–Crippen LogP) is 4.60. The minimum Gasteiger partial charge on any atom is -0.393 e. The van der Waals surface area contributed by atoms with Crippen molar-refractivity contribution >= 4 is 28.6 Å². The van der Waals surface area contributed by atoms with Crippen LogP contribution in [0.25, 0.3) is 22.3 Å². The first-order valence-corrected chi connectivity index (χ1v) is 14.6. The van der Waals surface area contributed by atoms with Crippen LogP contribution >= 0.6 is 11.6 Å². The van der Waals surface area contributed by atoms with Crippen molar-refractivity contribution < 1.29 is 14.6 Å². The third kappa shape index (κ3) is 6.91. The van der Waals surface area contributed by atoms with Gasteiger partial charge in [-0.3, -0.25) is 4.90 Å². The number of piperazine rings is 1. The highest BCUT2D eigenvalue weighted by Gasteiger charge is 2.29. The number of nitrogens with zero attached hydrogens (tertiary/aromatic N) is 6. The van der Waals surface area contributed by atoms with Crippen LogP contribution in [0.4, 0.5) is 10.3 Å². The van der Waals surface area contributed by atoms with Gasteiger partial charge in [-0.25, -0.2) is 19.3 Å². The molecule has 40 heavy (non-hydrogen) atoms. The van der Waals surface area contributed by atoms with Crippen LogP contribution in [0.3, 0.4) is 0 Å². The molecule has 2 aromatic heterocycles. The summed E-state index contributed by atoms with van der Waals surface area (Å²) in [6, 6.07) is 3.68. The van der Waals surface area contributed by atoms with Crippen molar-refractivity contribution in [3.05, 3.63) is 35.0 Å². The van der Waals surface area contributed by atoms with Gasteiger partial charge in [-0.2, -0.15) is 0 Å². The van der Waals surface area contributed by atoms with Crippen LogP contribution in [0, 0.1) is 5.82 Å². The lowest BCUT2D eigenvalue weighted by atomic mass is 9.91. The molecule has 4 N–H and O–H groups in total. The Labute approximate surface area is 241 Å². The van der Waals surface area contributed by atoms with Gasteiger partial charge >= 0.3 is 0 Å². The van der Waals surface area contributed by atoms with Gasteiger partial charge in [-0.05, 0) is 72.1 Å². The number of anilines is 1. The highest BCUT2D eigenvalue weighted by Crippen LogP contribution is 2.34. The number of imidazole rings is 1. The first-order valence-electron chi connectivity index (χ1n) is 14.3. The molecule has 2 unspecified atom stereocenters. The summed E-state index contributed by atoms with van der Waals surface area (Å²) >= 11 is 6.15. The number of rotatable bonds is 5. The molecule has 2 aliphatic rings. The van der Waals surface area contributed by atoms with E-state index in [1.807, 2.05) is 13.8 Å². The van der Waals surface area contributed by atoms with Gasteiger partial charge < -0.3 is 25.4 Å². The molecule has 1 aliphatic carbocycles. The molecule has 2 fully saturated rings. The highest BCUT2D eigenvalue weighted by molar-refractivity contribution is 6.33. The molecule has 1 saturated carbocycles. The fourth-order valence-electron chi connectivity index (χ4n) is 5.74. The molecule has 220 valence electrons. The SMILES string of the molecule is CC(C)n1c(C(C)(C)O)nc2c(F)cc(-c3nc(N)ncc3Cl)cc21.CCN1CCN(C2CCCC(O)C2)CC1. The maximum Gasteiger partial charge on any atom is 0.220 e. The minimum absolute atomic E-state index is 0.0343. The van der Waals surface area contributed by atoms with Crippen LogP contribution in [-0.2, 0) is 5.60 Å². The van der Waals surface area contributed by atoms with Crippen LogP contribution in [-0.4, -0.2) is 84.4 Å². The number of halogens is 2. The molecule has 9 nitrogen and oxygen atoms in total. The normalized spacial score (nSPS) is 21.1. The summed E-state index contributed by atoms with van der Waals surface area (Å²) in [5.74, 6) is -0.0815. The number of nitrogen functional groups attached to an aromatic ring is 1. The number of aliphatic hydroxyl groups excluding tert-OH is 1. The van der Waals surface area contributed by atoms with E-state index in [4.69, 9.17) is 17.3 Å². The van der Waals surface area contributed by atoms with Crippen molar-refractivity contribution in [3.63, 3.8) is 0 Å². The molecule has 1 aliphatic heterocycles. The molecule has 3 aromatic rings. The van der Waals surface area contributed by atoms with E-state index in [0.29, 0.717) is 28.6 Å². The van der Waals surface area contributed by atoms with Gasteiger partial charge in [0.05, 0.1) is 28.5 Å². The average molecular weight is 576 g/mol. The van der Waals surface area contributed by atoms with Crippen molar-refractivity contribution in [2.45, 2.75) is 84.1 Å². The van der Waals surface area contributed by atoms with Crippen molar-refractivity contribution in [2.24, 2.45) is 0 Å². The van der Waals surface area contributed by atoms with Crippen LogP contribution in [0.1, 0.15) is 72.2 Å². The third-order valence-corrected chi connectivity index (χ3v) is 8.11. The van der Waals surface area contributed by atoms with Crippen molar-refractivity contribution in [2.75, 3.05) is 38.5 Å². The van der Waals surface area contributed by atoms with Crippen molar-refractivity contribution in [1.82, 2.24) is 29.3 Å². The van der Waals surface area contributed by atoms with Gasteiger partial charge in [0.2, 0.25) is 5.95 Å². The van der Waals surface area contributed by atoms with Gasteiger partial charge in [-0.1, -0.05) is 18.5 Å². The van der Waals surface area contributed by atoms with E-state index < -0.39 is 11.4 Å². The summed E-state index contributed by atoms with van der Waals surface area (Å²) < 4.78 is 16.5. The maximum atomic E-state index is 14.7. The Hall–Kier alpha value is -2.37. The lowest BCUT2D eigenvalue weighted by Gasteiger charge is -2.41. The Morgan fingerprint density at radius 2 is 1.85 bits per heavy atom. The van der Waals surface area contributed by atoms with Crippen molar-refractivity contribution in [1.29, 1.82) is 0 Å². The molecule has 1 aromatic carbocycles. The smallest absolute Gasteiger partial charge is 0.220 e. The fourth-order valence-corrected chi connectivity index (χ4v) is 5.94. The number of aromatic nitrogens is 4. The Morgan fingerprint density at radius 1 is 1.15 bits per heavy atom. The molecular weight excluding hydrogens is 533 g/mol. The summed E-state index contributed by atoms with van der Waals surface area (Å²) in [5, 5.41) is 20.4. The molecule has 0 radical (unpaired) electrons. The first-order chi connectivity index (χ1) is 18.9. The Bertz CT molecular complexity index is 1300. The Balaban J connectivity index is 0.000000210. The van der Waals surface area contributed by atoms with Crippen LogP contribution in [0.2, 0.25) is 5.02 Å².